The minimum atomic E-state index is -5.03. The number of halogens is 6. The summed E-state index contributed by atoms with van der Waals surface area (Å²) in [6.07, 6.45) is -11.2. The number of nitrogens with one attached hydrogen (secondary N) is 1. The van der Waals surface area contributed by atoms with Crippen LogP contribution in [0.1, 0.15) is 32.5 Å². The number of aliphatic hydroxyl groups excluding tert-OH is 1. The van der Waals surface area contributed by atoms with E-state index < -0.39 is 41.1 Å². The number of aliphatic hydroxyl groups is 1. The SMILES string of the molecule is O=C(NCC(O)c1cccs1)c1cc(C(F)(F)F)cc(C(F)(F)F)c1. The highest BCUT2D eigenvalue weighted by molar-refractivity contribution is 7.10. The van der Waals surface area contributed by atoms with Crippen molar-refractivity contribution < 1.29 is 36.2 Å². The molecule has 0 fully saturated rings. The van der Waals surface area contributed by atoms with Gasteiger partial charge in [-0.05, 0) is 29.6 Å². The van der Waals surface area contributed by atoms with E-state index in [4.69, 9.17) is 0 Å². The van der Waals surface area contributed by atoms with Crippen molar-refractivity contribution >= 4 is 17.2 Å². The van der Waals surface area contributed by atoms with Gasteiger partial charge in [-0.2, -0.15) is 26.3 Å². The highest BCUT2D eigenvalue weighted by atomic mass is 32.1. The lowest BCUT2D eigenvalue weighted by atomic mass is 10.0. The Morgan fingerprint density at radius 1 is 1.08 bits per heavy atom. The number of thiophene rings is 1. The summed E-state index contributed by atoms with van der Waals surface area (Å²) in [6.45, 7) is -0.350. The second-order valence-electron chi connectivity index (χ2n) is 5.04. The van der Waals surface area contributed by atoms with Crippen LogP contribution in [0.2, 0.25) is 0 Å². The normalized spacial score (nSPS) is 13.6. The van der Waals surface area contributed by atoms with Crippen molar-refractivity contribution in [1.29, 1.82) is 0 Å². The molecule has 0 aliphatic carbocycles. The summed E-state index contributed by atoms with van der Waals surface area (Å²) in [4.78, 5) is 12.4. The van der Waals surface area contributed by atoms with Crippen LogP contribution in [0.25, 0.3) is 0 Å². The minimum absolute atomic E-state index is 0.0583. The highest BCUT2D eigenvalue weighted by Crippen LogP contribution is 2.36. The average molecular weight is 383 g/mol. The second kappa shape index (κ2) is 7.04. The zero-order valence-electron chi connectivity index (χ0n) is 12.3. The van der Waals surface area contributed by atoms with Crippen LogP contribution >= 0.6 is 11.3 Å². The Bertz CT molecular complexity index is 707. The third kappa shape index (κ3) is 4.95. The van der Waals surface area contributed by atoms with Crippen LogP contribution in [0.15, 0.2) is 35.7 Å². The maximum atomic E-state index is 12.8. The van der Waals surface area contributed by atoms with E-state index in [1.165, 1.54) is 11.3 Å². The molecule has 0 saturated carbocycles. The molecule has 2 rings (SSSR count). The number of alkyl halides is 6. The van der Waals surface area contributed by atoms with Crippen molar-refractivity contribution in [1.82, 2.24) is 5.32 Å². The molecule has 1 aromatic carbocycles. The number of rotatable bonds is 4. The fourth-order valence-corrected chi connectivity index (χ4v) is 2.67. The largest absolute Gasteiger partial charge is 0.416 e. The summed E-state index contributed by atoms with van der Waals surface area (Å²) in [5.74, 6) is -1.15. The summed E-state index contributed by atoms with van der Waals surface area (Å²) in [7, 11) is 0. The Morgan fingerprint density at radius 2 is 1.64 bits per heavy atom. The smallest absolute Gasteiger partial charge is 0.386 e. The van der Waals surface area contributed by atoms with E-state index in [0.29, 0.717) is 17.0 Å². The molecule has 0 radical (unpaired) electrons. The van der Waals surface area contributed by atoms with Gasteiger partial charge in [-0.25, -0.2) is 0 Å². The maximum absolute atomic E-state index is 12.8. The molecule has 0 spiro atoms. The first-order chi connectivity index (χ1) is 11.5. The van der Waals surface area contributed by atoms with E-state index in [2.05, 4.69) is 5.32 Å². The third-order valence-electron chi connectivity index (χ3n) is 3.18. The predicted octanol–water partition coefficient (Wildman–Crippen LogP) is 4.25. The van der Waals surface area contributed by atoms with Gasteiger partial charge in [0.2, 0.25) is 0 Å². The lowest BCUT2D eigenvalue weighted by molar-refractivity contribution is -0.143. The van der Waals surface area contributed by atoms with Crippen molar-refractivity contribution in [3.05, 3.63) is 57.3 Å². The fourth-order valence-electron chi connectivity index (χ4n) is 1.96. The molecule has 0 saturated heterocycles. The van der Waals surface area contributed by atoms with Gasteiger partial charge in [0.15, 0.2) is 0 Å². The van der Waals surface area contributed by atoms with E-state index in [-0.39, 0.29) is 12.6 Å². The summed E-state index contributed by atoms with van der Waals surface area (Å²) in [5, 5.41) is 13.6. The second-order valence-corrected chi connectivity index (χ2v) is 6.02. The molecule has 0 aliphatic rings. The van der Waals surface area contributed by atoms with Crippen LogP contribution in [-0.2, 0) is 12.4 Å². The Hall–Kier alpha value is -2.07. The summed E-state index contributed by atoms with van der Waals surface area (Å²) >= 11 is 1.19. The van der Waals surface area contributed by atoms with Gasteiger partial charge in [0, 0.05) is 17.0 Å². The summed E-state index contributed by atoms with van der Waals surface area (Å²) in [6, 6.07) is 3.84. The molecule has 1 amide bonds. The van der Waals surface area contributed by atoms with E-state index in [1.807, 2.05) is 0 Å². The zero-order chi connectivity index (χ0) is 18.8. The van der Waals surface area contributed by atoms with Crippen molar-refractivity contribution in [3.63, 3.8) is 0 Å². The first-order valence-corrected chi connectivity index (χ1v) is 7.65. The lowest BCUT2D eigenvalue weighted by Crippen LogP contribution is -2.28. The van der Waals surface area contributed by atoms with E-state index in [1.54, 1.807) is 17.5 Å². The molecule has 1 atom stereocenters. The number of hydrogen-bond acceptors (Lipinski definition) is 3. The van der Waals surface area contributed by atoms with Crippen LogP contribution in [0.4, 0.5) is 26.3 Å². The van der Waals surface area contributed by atoms with Crippen molar-refractivity contribution in [2.75, 3.05) is 6.54 Å². The zero-order valence-corrected chi connectivity index (χ0v) is 13.1. The number of carbonyl (C=O) groups is 1. The van der Waals surface area contributed by atoms with Crippen molar-refractivity contribution in [3.8, 4) is 0 Å². The van der Waals surface area contributed by atoms with Gasteiger partial charge in [0.25, 0.3) is 5.91 Å². The fraction of sp³-hybridized carbons (Fsp3) is 0.267. The number of hydrogen-bond donors (Lipinski definition) is 2. The van der Waals surface area contributed by atoms with Crippen LogP contribution in [0, 0.1) is 0 Å². The molecule has 25 heavy (non-hydrogen) atoms. The van der Waals surface area contributed by atoms with Crippen LogP contribution in [0.5, 0.6) is 0 Å². The van der Waals surface area contributed by atoms with Gasteiger partial charge in [-0.15, -0.1) is 11.3 Å². The molecule has 1 unspecified atom stereocenters. The number of benzene rings is 1. The van der Waals surface area contributed by atoms with Gasteiger partial charge in [0.05, 0.1) is 11.1 Å². The maximum Gasteiger partial charge on any atom is 0.416 e. The molecule has 0 bridgehead atoms. The van der Waals surface area contributed by atoms with Crippen molar-refractivity contribution in [2.24, 2.45) is 0 Å². The highest BCUT2D eigenvalue weighted by Gasteiger charge is 2.37. The lowest BCUT2D eigenvalue weighted by Gasteiger charge is -2.15. The monoisotopic (exact) mass is 383 g/mol. The molecular formula is C15H11F6NO2S. The molecule has 10 heteroatoms. The number of carbonyl (C=O) groups excluding carboxylic acids is 1. The molecule has 2 aromatic rings. The van der Waals surface area contributed by atoms with E-state index in [9.17, 15) is 36.2 Å². The van der Waals surface area contributed by atoms with Crippen LogP contribution in [-0.4, -0.2) is 17.6 Å². The molecule has 1 heterocycles. The Balaban J connectivity index is 2.23. The summed E-state index contributed by atoms with van der Waals surface area (Å²) < 4.78 is 76.6. The molecular weight excluding hydrogens is 372 g/mol. The molecule has 2 N–H and O–H groups in total. The van der Waals surface area contributed by atoms with Crippen LogP contribution < -0.4 is 5.32 Å². The Kier molecular flexibility index (Phi) is 5.43. The van der Waals surface area contributed by atoms with Crippen LogP contribution in [0.3, 0.4) is 0 Å². The topological polar surface area (TPSA) is 49.3 Å². The van der Waals surface area contributed by atoms with Gasteiger partial charge < -0.3 is 10.4 Å². The van der Waals surface area contributed by atoms with Gasteiger partial charge in [-0.3, -0.25) is 4.79 Å². The first-order valence-electron chi connectivity index (χ1n) is 6.77. The van der Waals surface area contributed by atoms with Gasteiger partial charge in [-0.1, -0.05) is 6.07 Å². The molecule has 3 nitrogen and oxygen atoms in total. The minimum Gasteiger partial charge on any atom is -0.386 e. The standard InChI is InChI=1S/C15H11F6NO2S/c16-14(17,18)9-4-8(5-10(6-9)15(19,20)21)13(24)22-7-11(23)12-2-1-3-25-12/h1-6,11,23H,7H2,(H,22,24). The molecule has 1 aromatic heterocycles. The molecule has 136 valence electrons. The van der Waals surface area contributed by atoms with E-state index >= 15 is 0 Å². The Labute approximate surface area is 141 Å². The first kappa shape index (κ1) is 19.3. The van der Waals surface area contributed by atoms with Gasteiger partial charge in [0.1, 0.15) is 6.10 Å². The Morgan fingerprint density at radius 3 is 2.08 bits per heavy atom. The summed E-state index contributed by atoms with van der Waals surface area (Å²) in [5.41, 5.74) is -3.95. The molecule has 0 aliphatic heterocycles. The van der Waals surface area contributed by atoms with Crippen molar-refractivity contribution in [2.45, 2.75) is 18.5 Å². The number of amides is 1. The third-order valence-corrected chi connectivity index (χ3v) is 4.15. The predicted molar refractivity (Wildman–Crippen MR) is 78.1 cm³/mol. The average Bonchev–Trinajstić information content (AvgIpc) is 3.04. The van der Waals surface area contributed by atoms with Gasteiger partial charge >= 0.3 is 12.4 Å². The van der Waals surface area contributed by atoms with E-state index in [0.717, 1.165) is 0 Å². The quantitative estimate of drug-likeness (QED) is 0.776.